The normalized spacial score (nSPS) is 13.7. The van der Waals surface area contributed by atoms with E-state index in [0.717, 1.165) is 13.1 Å². The fourth-order valence-corrected chi connectivity index (χ4v) is 1.70. The Morgan fingerprint density at radius 1 is 1.06 bits per heavy atom. The molecule has 0 unspecified atom stereocenters. The van der Waals surface area contributed by atoms with Crippen LogP contribution in [0.15, 0.2) is 24.3 Å². The van der Waals surface area contributed by atoms with Crippen LogP contribution in [0.3, 0.4) is 0 Å². The Kier molecular flexibility index (Phi) is 5.16. The molecular formula is C15H26N2. The lowest BCUT2D eigenvalue weighted by Crippen LogP contribution is -2.40. The maximum atomic E-state index is 3.53. The molecule has 0 saturated carbocycles. The standard InChI is InChI=1S/C15H26N2/c1-12-6-8-14(9-7-12)13(2)16-10-11-17-15(3,4)5/h6-9,13,16-17H,10-11H2,1-5H3/t13-/m1/s1. The molecule has 0 bridgehead atoms. The molecule has 2 heteroatoms. The van der Waals surface area contributed by atoms with Gasteiger partial charge in [0, 0.05) is 24.7 Å². The van der Waals surface area contributed by atoms with Crippen molar-refractivity contribution in [2.45, 2.75) is 46.2 Å². The Balaban J connectivity index is 2.30. The molecule has 0 saturated heterocycles. The highest BCUT2D eigenvalue weighted by Gasteiger charge is 2.08. The lowest BCUT2D eigenvalue weighted by molar-refractivity contribution is 0.414. The summed E-state index contributed by atoms with van der Waals surface area (Å²) in [6.07, 6.45) is 0. The third-order valence-corrected chi connectivity index (χ3v) is 2.81. The molecule has 2 N–H and O–H groups in total. The zero-order valence-corrected chi connectivity index (χ0v) is 11.8. The monoisotopic (exact) mass is 234 g/mol. The van der Waals surface area contributed by atoms with Gasteiger partial charge in [-0.15, -0.1) is 0 Å². The fraction of sp³-hybridized carbons (Fsp3) is 0.600. The molecule has 1 aromatic carbocycles. The summed E-state index contributed by atoms with van der Waals surface area (Å²) in [6.45, 7) is 12.9. The lowest BCUT2D eigenvalue weighted by atomic mass is 10.1. The van der Waals surface area contributed by atoms with Crippen LogP contribution in [0.5, 0.6) is 0 Å². The fourth-order valence-electron chi connectivity index (χ4n) is 1.70. The van der Waals surface area contributed by atoms with Gasteiger partial charge in [-0.1, -0.05) is 29.8 Å². The van der Waals surface area contributed by atoms with Crippen LogP contribution in [0.2, 0.25) is 0 Å². The summed E-state index contributed by atoms with van der Waals surface area (Å²) in [5, 5.41) is 7.00. The molecule has 1 aromatic rings. The van der Waals surface area contributed by atoms with E-state index >= 15 is 0 Å². The molecular weight excluding hydrogens is 208 g/mol. The van der Waals surface area contributed by atoms with E-state index in [-0.39, 0.29) is 5.54 Å². The summed E-state index contributed by atoms with van der Waals surface area (Å²) in [5.41, 5.74) is 2.87. The first-order valence-corrected chi connectivity index (χ1v) is 6.43. The van der Waals surface area contributed by atoms with Crippen LogP contribution in [0.1, 0.15) is 44.9 Å². The van der Waals surface area contributed by atoms with Gasteiger partial charge >= 0.3 is 0 Å². The van der Waals surface area contributed by atoms with Crippen molar-refractivity contribution in [3.63, 3.8) is 0 Å². The van der Waals surface area contributed by atoms with Crippen LogP contribution in [0.4, 0.5) is 0 Å². The van der Waals surface area contributed by atoms with E-state index in [1.807, 2.05) is 0 Å². The summed E-state index contributed by atoms with van der Waals surface area (Å²) in [7, 11) is 0. The van der Waals surface area contributed by atoms with Crippen molar-refractivity contribution < 1.29 is 0 Å². The van der Waals surface area contributed by atoms with Gasteiger partial charge in [-0.05, 0) is 40.2 Å². The van der Waals surface area contributed by atoms with Gasteiger partial charge < -0.3 is 10.6 Å². The first-order chi connectivity index (χ1) is 7.88. The smallest absolute Gasteiger partial charge is 0.0292 e. The number of rotatable bonds is 5. The second-order valence-corrected chi connectivity index (χ2v) is 5.76. The summed E-state index contributed by atoms with van der Waals surface area (Å²) < 4.78 is 0. The van der Waals surface area contributed by atoms with Gasteiger partial charge in [0.1, 0.15) is 0 Å². The van der Waals surface area contributed by atoms with Crippen molar-refractivity contribution in [1.82, 2.24) is 10.6 Å². The third kappa shape index (κ3) is 5.85. The van der Waals surface area contributed by atoms with E-state index in [1.54, 1.807) is 0 Å². The summed E-state index contributed by atoms with van der Waals surface area (Å²) in [5.74, 6) is 0. The second kappa shape index (κ2) is 6.18. The Bertz CT molecular complexity index is 322. The van der Waals surface area contributed by atoms with E-state index in [1.165, 1.54) is 11.1 Å². The minimum atomic E-state index is 0.203. The van der Waals surface area contributed by atoms with Crippen LogP contribution >= 0.6 is 0 Å². The topological polar surface area (TPSA) is 24.1 Å². The average Bonchev–Trinajstić information content (AvgIpc) is 2.24. The van der Waals surface area contributed by atoms with Gasteiger partial charge in [0.2, 0.25) is 0 Å². The zero-order chi connectivity index (χ0) is 12.9. The molecule has 1 rings (SSSR count). The lowest BCUT2D eigenvalue weighted by Gasteiger charge is -2.22. The van der Waals surface area contributed by atoms with Crippen LogP contribution in [-0.2, 0) is 0 Å². The number of nitrogens with one attached hydrogen (secondary N) is 2. The van der Waals surface area contributed by atoms with E-state index in [2.05, 4.69) is 69.5 Å². The molecule has 96 valence electrons. The van der Waals surface area contributed by atoms with Crippen molar-refractivity contribution in [2.75, 3.05) is 13.1 Å². The molecule has 1 atom stereocenters. The molecule has 0 aliphatic heterocycles. The highest BCUT2D eigenvalue weighted by Crippen LogP contribution is 2.12. The summed E-state index contributed by atoms with van der Waals surface area (Å²) in [6, 6.07) is 9.15. The quantitative estimate of drug-likeness (QED) is 0.765. The molecule has 0 heterocycles. The zero-order valence-electron chi connectivity index (χ0n) is 11.8. The number of aryl methyl sites for hydroxylation is 1. The average molecular weight is 234 g/mol. The van der Waals surface area contributed by atoms with E-state index in [4.69, 9.17) is 0 Å². The number of benzene rings is 1. The van der Waals surface area contributed by atoms with Crippen LogP contribution in [0.25, 0.3) is 0 Å². The van der Waals surface area contributed by atoms with Gasteiger partial charge in [-0.2, -0.15) is 0 Å². The molecule has 0 aromatic heterocycles. The maximum absolute atomic E-state index is 3.53. The second-order valence-electron chi connectivity index (χ2n) is 5.76. The molecule has 0 fully saturated rings. The van der Waals surface area contributed by atoms with Crippen molar-refractivity contribution >= 4 is 0 Å². The SMILES string of the molecule is Cc1ccc([C@@H](C)NCCNC(C)(C)C)cc1. The molecule has 0 spiro atoms. The Morgan fingerprint density at radius 3 is 2.18 bits per heavy atom. The van der Waals surface area contributed by atoms with Gasteiger partial charge in [-0.25, -0.2) is 0 Å². The van der Waals surface area contributed by atoms with Crippen molar-refractivity contribution in [3.8, 4) is 0 Å². The van der Waals surface area contributed by atoms with Gasteiger partial charge in [0.05, 0.1) is 0 Å². The minimum Gasteiger partial charge on any atom is -0.311 e. The van der Waals surface area contributed by atoms with Crippen molar-refractivity contribution in [3.05, 3.63) is 35.4 Å². The van der Waals surface area contributed by atoms with E-state index in [0.29, 0.717) is 6.04 Å². The third-order valence-electron chi connectivity index (χ3n) is 2.81. The largest absolute Gasteiger partial charge is 0.311 e. The van der Waals surface area contributed by atoms with Crippen LogP contribution in [-0.4, -0.2) is 18.6 Å². The maximum Gasteiger partial charge on any atom is 0.0292 e. The Morgan fingerprint density at radius 2 is 1.65 bits per heavy atom. The number of hydrogen-bond acceptors (Lipinski definition) is 2. The first-order valence-electron chi connectivity index (χ1n) is 6.43. The summed E-state index contributed by atoms with van der Waals surface area (Å²) in [4.78, 5) is 0. The first kappa shape index (κ1) is 14.2. The molecule has 2 nitrogen and oxygen atoms in total. The molecule has 0 radical (unpaired) electrons. The minimum absolute atomic E-state index is 0.203. The van der Waals surface area contributed by atoms with Crippen LogP contribution < -0.4 is 10.6 Å². The molecule has 0 amide bonds. The van der Waals surface area contributed by atoms with Crippen molar-refractivity contribution in [1.29, 1.82) is 0 Å². The highest BCUT2D eigenvalue weighted by atomic mass is 15.0. The van der Waals surface area contributed by atoms with E-state index in [9.17, 15) is 0 Å². The molecule has 0 aliphatic carbocycles. The predicted octanol–water partition coefficient (Wildman–Crippen LogP) is 3.03. The van der Waals surface area contributed by atoms with Crippen molar-refractivity contribution in [2.24, 2.45) is 0 Å². The van der Waals surface area contributed by atoms with Gasteiger partial charge in [0.15, 0.2) is 0 Å². The molecule has 0 aliphatic rings. The number of hydrogen-bond donors (Lipinski definition) is 2. The summed E-state index contributed by atoms with van der Waals surface area (Å²) >= 11 is 0. The Labute approximate surface area is 106 Å². The van der Waals surface area contributed by atoms with Gasteiger partial charge in [-0.3, -0.25) is 0 Å². The van der Waals surface area contributed by atoms with E-state index < -0.39 is 0 Å². The molecule has 17 heavy (non-hydrogen) atoms. The van der Waals surface area contributed by atoms with Crippen LogP contribution in [0, 0.1) is 6.92 Å². The predicted molar refractivity (Wildman–Crippen MR) is 75.4 cm³/mol. The highest BCUT2D eigenvalue weighted by molar-refractivity contribution is 5.23. The van der Waals surface area contributed by atoms with Gasteiger partial charge in [0.25, 0.3) is 0 Å². The Hall–Kier alpha value is -0.860.